The third kappa shape index (κ3) is 12.4. The van der Waals surface area contributed by atoms with Crippen LogP contribution in [-0.4, -0.2) is 81.0 Å². The standard InChI is InChI=1S/C47H54IN3O9/c1-46(2,3)59-44(54)50-24-21-34(22-25-50)58-43(53)37-19-17-33(32-15-11-8-12-16-32)27-39(37)49-42(52)38-28-35(18-20-40(38)56-30-31-13-9-7-10-14-31)57-36-23-26-51(41(48)29-36)45(55)60-47(4,5)6/h7-20,27-28,34,36,41H,21-26,29-30H2,1-6H3,(H,49,52). The zero-order valence-electron chi connectivity index (χ0n) is 35.1. The summed E-state index contributed by atoms with van der Waals surface area (Å²) in [6, 6.07) is 29.7. The van der Waals surface area contributed by atoms with Gasteiger partial charge in [0, 0.05) is 45.3 Å². The molecule has 6 rings (SSSR count). The summed E-state index contributed by atoms with van der Waals surface area (Å²) in [7, 11) is 0. The van der Waals surface area contributed by atoms with Gasteiger partial charge in [0.25, 0.3) is 5.91 Å². The third-order valence-corrected chi connectivity index (χ3v) is 11.0. The summed E-state index contributed by atoms with van der Waals surface area (Å²) in [6.07, 6.45) is 0.617. The number of ether oxygens (including phenoxy) is 5. The van der Waals surface area contributed by atoms with Crippen molar-refractivity contribution in [1.82, 2.24) is 9.80 Å². The maximum absolute atomic E-state index is 14.5. The van der Waals surface area contributed by atoms with Gasteiger partial charge in [0.05, 0.1) is 20.9 Å². The zero-order chi connectivity index (χ0) is 43.0. The predicted octanol–water partition coefficient (Wildman–Crippen LogP) is 10.3. The van der Waals surface area contributed by atoms with E-state index in [2.05, 4.69) is 27.9 Å². The molecule has 2 saturated heterocycles. The Morgan fingerprint density at radius 3 is 1.98 bits per heavy atom. The molecule has 2 heterocycles. The van der Waals surface area contributed by atoms with Crippen molar-refractivity contribution in [2.75, 3.05) is 25.0 Å². The molecule has 2 fully saturated rings. The Hall–Kier alpha value is -5.31. The second-order valence-corrected chi connectivity index (χ2v) is 18.4. The number of rotatable bonds is 10. The number of benzene rings is 4. The SMILES string of the molecule is CC(C)(C)OC(=O)N1CCC(OC(=O)c2ccc(-c3ccccc3)cc2NC(=O)c2cc(OC3CCN(C(=O)OC(C)(C)C)C(I)C3)ccc2OCc2ccccc2)CC1. The maximum atomic E-state index is 14.5. The van der Waals surface area contributed by atoms with Gasteiger partial charge in [-0.05, 0) is 88.6 Å². The number of esters is 1. The highest BCUT2D eigenvalue weighted by atomic mass is 127. The van der Waals surface area contributed by atoms with Crippen molar-refractivity contribution < 1.29 is 42.9 Å². The normalized spacial score (nSPS) is 17.3. The number of nitrogens with zero attached hydrogens (tertiary/aromatic N) is 2. The van der Waals surface area contributed by atoms with Crippen LogP contribution in [0.2, 0.25) is 0 Å². The molecular weight excluding hydrogens is 877 g/mol. The first kappa shape index (κ1) is 44.2. The van der Waals surface area contributed by atoms with Gasteiger partial charge in [0.15, 0.2) is 0 Å². The predicted molar refractivity (Wildman–Crippen MR) is 238 cm³/mol. The van der Waals surface area contributed by atoms with E-state index in [0.29, 0.717) is 56.8 Å². The second-order valence-electron chi connectivity index (χ2n) is 17.0. The molecule has 3 amide bonds. The van der Waals surface area contributed by atoms with E-state index in [1.807, 2.05) is 108 Å². The topological polar surface area (TPSA) is 133 Å². The number of carbonyl (C=O) groups excluding carboxylic acids is 4. The molecule has 2 atom stereocenters. The molecule has 2 aliphatic rings. The molecule has 4 aromatic carbocycles. The van der Waals surface area contributed by atoms with Crippen LogP contribution in [0.1, 0.15) is 93.5 Å². The van der Waals surface area contributed by atoms with E-state index in [1.54, 1.807) is 40.1 Å². The van der Waals surface area contributed by atoms with Gasteiger partial charge in [0.2, 0.25) is 0 Å². The smallest absolute Gasteiger partial charge is 0.411 e. The summed E-state index contributed by atoms with van der Waals surface area (Å²) in [5.41, 5.74) is 2.05. The summed E-state index contributed by atoms with van der Waals surface area (Å²) in [5.74, 6) is -0.318. The van der Waals surface area contributed by atoms with E-state index >= 15 is 0 Å². The molecule has 4 aromatic rings. The molecule has 13 heteroatoms. The van der Waals surface area contributed by atoms with Gasteiger partial charge in [-0.15, -0.1) is 0 Å². The van der Waals surface area contributed by atoms with Gasteiger partial charge in [-0.2, -0.15) is 0 Å². The Kier molecular flexibility index (Phi) is 14.3. The number of hydrogen-bond acceptors (Lipinski definition) is 9. The molecule has 12 nitrogen and oxygen atoms in total. The number of carbonyl (C=O) groups is 4. The minimum absolute atomic E-state index is 0.153. The number of amides is 3. The first-order chi connectivity index (χ1) is 28.5. The fourth-order valence-corrected chi connectivity index (χ4v) is 7.93. The molecule has 0 aliphatic carbocycles. The van der Waals surface area contributed by atoms with Crippen LogP contribution in [0.15, 0.2) is 97.1 Å². The van der Waals surface area contributed by atoms with Gasteiger partial charge >= 0.3 is 18.2 Å². The lowest BCUT2D eigenvalue weighted by Crippen LogP contribution is -2.47. The number of hydrogen-bond donors (Lipinski definition) is 1. The van der Waals surface area contributed by atoms with Crippen LogP contribution < -0.4 is 14.8 Å². The lowest BCUT2D eigenvalue weighted by Gasteiger charge is -2.37. The van der Waals surface area contributed by atoms with Crippen LogP contribution in [0.25, 0.3) is 11.1 Å². The highest BCUT2D eigenvalue weighted by Gasteiger charge is 2.34. The molecule has 0 radical (unpaired) electrons. The van der Waals surface area contributed by atoms with Crippen LogP contribution in [0.3, 0.4) is 0 Å². The van der Waals surface area contributed by atoms with Crippen molar-refractivity contribution in [1.29, 1.82) is 0 Å². The highest BCUT2D eigenvalue weighted by Crippen LogP contribution is 2.33. The largest absolute Gasteiger partial charge is 0.490 e. The molecule has 1 N–H and O–H groups in total. The van der Waals surface area contributed by atoms with Crippen molar-refractivity contribution in [3.05, 3.63) is 114 Å². The summed E-state index contributed by atoms with van der Waals surface area (Å²) < 4.78 is 29.7. The Bertz CT molecular complexity index is 2130. The Morgan fingerprint density at radius 1 is 0.700 bits per heavy atom. The molecule has 0 aromatic heterocycles. The first-order valence-electron chi connectivity index (χ1n) is 20.3. The van der Waals surface area contributed by atoms with E-state index in [-0.39, 0.29) is 39.7 Å². The number of alkyl halides is 1. The number of likely N-dealkylation sites (tertiary alicyclic amines) is 2. The zero-order valence-corrected chi connectivity index (χ0v) is 37.2. The quantitative estimate of drug-likeness (QED) is 0.0543. The van der Waals surface area contributed by atoms with Crippen LogP contribution >= 0.6 is 22.6 Å². The van der Waals surface area contributed by atoms with Crippen LogP contribution in [0.4, 0.5) is 15.3 Å². The molecule has 0 saturated carbocycles. The molecule has 0 spiro atoms. The Labute approximate surface area is 366 Å². The van der Waals surface area contributed by atoms with E-state index < -0.39 is 35.3 Å². The molecule has 2 unspecified atom stereocenters. The first-order valence-corrected chi connectivity index (χ1v) is 21.6. The summed E-state index contributed by atoms with van der Waals surface area (Å²) in [5, 5.41) is 3.01. The fraction of sp³-hybridized carbons (Fsp3) is 0.404. The fourth-order valence-electron chi connectivity index (χ4n) is 6.85. The van der Waals surface area contributed by atoms with E-state index in [0.717, 1.165) is 16.7 Å². The average molecular weight is 932 g/mol. The van der Waals surface area contributed by atoms with E-state index in [1.165, 1.54) is 0 Å². The minimum atomic E-state index is -0.614. The highest BCUT2D eigenvalue weighted by molar-refractivity contribution is 14.1. The summed E-state index contributed by atoms with van der Waals surface area (Å²) in [4.78, 5) is 57.2. The van der Waals surface area contributed by atoms with Gasteiger partial charge < -0.3 is 33.9 Å². The molecule has 60 heavy (non-hydrogen) atoms. The van der Waals surface area contributed by atoms with E-state index in [4.69, 9.17) is 23.7 Å². The summed E-state index contributed by atoms with van der Waals surface area (Å²) in [6.45, 7) is 12.4. The van der Waals surface area contributed by atoms with Crippen LogP contribution in [0.5, 0.6) is 11.5 Å². The van der Waals surface area contributed by atoms with Crippen LogP contribution in [0, 0.1) is 0 Å². The van der Waals surface area contributed by atoms with Crippen molar-refractivity contribution in [3.63, 3.8) is 0 Å². The maximum Gasteiger partial charge on any atom is 0.411 e. The number of piperidine rings is 2. The molecular formula is C47H54IN3O9. The monoisotopic (exact) mass is 931 g/mol. The lowest BCUT2D eigenvalue weighted by molar-refractivity contribution is -0.00349. The van der Waals surface area contributed by atoms with Gasteiger partial charge in [-0.3, -0.25) is 9.69 Å². The Balaban J connectivity index is 1.23. The minimum Gasteiger partial charge on any atom is -0.490 e. The van der Waals surface area contributed by atoms with Crippen molar-refractivity contribution in [3.8, 4) is 22.6 Å². The number of nitrogens with one attached hydrogen (secondary N) is 1. The average Bonchev–Trinajstić information content (AvgIpc) is 3.20. The summed E-state index contributed by atoms with van der Waals surface area (Å²) >= 11 is 2.24. The van der Waals surface area contributed by atoms with Crippen molar-refractivity contribution in [2.45, 2.75) is 101 Å². The van der Waals surface area contributed by atoms with Gasteiger partial charge in [-0.25, -0.2) is 14.4 Å². The van der Waals surface area contributed by atoms with Crippen molar-refractivity contribution >= 4 is 52.3 Å². The van der Waals surface area contributed by atoms with Crippen molar-refractivity contribution in [2.24, 2.45) is 0 Å². The van der Waals surface area contributed by atoms with Gasteiger partial charge in [-0.1, -0.05) is 89.3 Å². The second kappa shape index (κ2) is 19.4. The van der Waals surface area contributed by atoms with Crippen LogP contribution in [-0.2, 0) is 20.8 Å². The lowest BCUT2D eigenvalue weighted by atomic mass is 10.0. The number of halogens is 1. The Morgan fingerprint density at radius 2 is 1.33 bits per heavy atom. The molecule has 2 aliphatic heterocycles. The van der Waals surface area contributed by atoms with Gasteiger partial charge in [0.1, 0.15) is 41.5 Å². The van der Waals surface area contributed by atoms with E-state index in [9.17, 15) is 19.2 Å². The third-order valence-electron chi connectivity index (χ3n) is 9.81. The molecule has 318 valence electrons. The number of anilines is 1. The molecule has 0 bridgehead atoms.